The zero-order valence-electron chi connectivity index (χ0n) is 7.03. The van der Waals surface area contributed by atoms with Gasteiger partial charge in [-0.05, 0) is 25.2 Å². The summed E-state index contributed by atoms with van der Waals surface area (Å²) in [6, 6.07) is 0. The van der Waals surface area contributed by atoms with Crippen LogP contribution in [0.25, 0.3) is 0 Å². The average molecular weight is 166 g/mol. The number of hydrogen-bond donors (Lipinski definition) is 0. The Morgan fingerprint density at radius 3 is 2.58 bits per heavy atom. The molecule has 64 valence electrons. The number of carbonyl (C=O) groups excluding carboxylic acids is 2. The first-order valence-corrected chi connectivity index (χ1v) is 3.66. The number of carbonyl (C=O) groups is 2. The van der Waals surface area contributed by atoms with Gasteiger partial charge >= 0.3 is 0 Å². The Hall–Kier alpha value is -1.22. The molecule has 0 heterocycles. The van der Waals surface area contributed by atoms with Crippen LogP contribution in [0, 0.1) is 0 Å². The highest BCUT2D eigenvalue weighted by Gasteiger charge is 2.18. The molecule has 0 saturated heterocycles. The molecule has 0 amide bonds. The fourth-order valence-corrected chi connectivity index (χ4v) is 0.971. The predicted molar refractivity (Wildman–Crippen MR) is 43.7 cm³/mol. The molecule has 0 aromatic carbocycles. The summed E-state index contributed by atoms with van der Waals surface area (Å²) >= 11 is 0. The summed E-state index contributed by atoms with van der Waals surface area (Å²) in [4.78, 5) is 22.0. The lowest BCUT2D eigenvalue weighted by molar-refractivity contribution is -0.115. The highest BCUT2D eigenvalue weighted by Crippen LogP contribution is 2.11. The Labute approximate surface area is 70.7 Å². The molecular formula is C9H10O3. The normalized spacial score (nSPS) is 19.3. The first-order valence-electron chi connectivity index (χ1n) is 3.66. The van der Waals surface area contributed by atoms with Crippen LogP contribution in [0.2, 0.25) is 0 Å². The molecule has 0 radical (unpaired) electrons. The first kappa shape index (κ1) is 8.87. The Bertz CT molecular complexity index is 273. The second-order valence-corrected chi connectivity index (χ2v) is 2.58. The lowest BCUT2D eigenvalue weighted by atomic mass is 10.00. The molecule has 3 nitrogen and oxygen atoms in total. The van der Waals surface area contributed by atoms with Crippen LogP contribution < -0.4 is 0 Å². The fraction of sp³-hybridized carbons (Fsp3) is 0.333. The molecule has 0 bridgehead atoms. The van der Waals surface area contributed by atoms with E-state index in [1.54, 1.807) is 6.92 Å². The molecule has 0 spiro atoms. The lowest BCUT2D eigenvalue weighted by Gasteiger charge is -2.12. The van der Waals surface area contributed by atoms with E-state index in [1.165, 1.54) is 25.3 Å². The van der Waals surface area contributed by atoms with Gasteiger partial charge < -0.3 is 4.74 Å². The van der Waals surface area contributed by atoms with Gasteiger partial charge in [0, 0.05) is 12.7 Å². The molecule has 0 aliphatic heterocycles. The van der Waals surface area contributed by atoms with Crippen molar-refractivity contribution in [1.82, 2.24) is 0 Å². The zero-order valence-corrected chi connectivity index (χ0v) is 7.03. The summed E-state index contributed by atoms with van der Waals surface area (Å²) in [7, 11) is 1.50. The van der Waals surface area contributed by atoms with Crippen molar-refractivity contribution in [3.63, 3.8) is 0 Å². The lowest BCUT2D eigenvalue weighted by Crippen LogP contribution is -2.19. The fourth-order valence-electron chi connectivity index (χ4n) is 0.971. The summed E-state index contributed by atoms with van der Waals surface area (Å²) in [6.07, 6.45) is 3.53. The van der Waals surface area contributed by atoms with E-state index in [0.29, 0.717) is 5.57 Å². The van der Waals surface area contributed by atoms with Crippen molar-refractivity contribution in [2.24, 2.45) is 0 Å². The van der Waals surface area contributed by atoms with Gasteiger partial charge in [0.1, 0.15) is 0 Å². The van der Waals surface area contributed by atoms with Crippen LogP contribution in [0.3, 0.4) is 0 Å². The van der Waals surface area contributed by atoms with Crippen molar-refractivity contribution in [3.05, 3.63) is 23.8 Å². The van der Waals surface area contributed by atoms with Gasteiger partial charge in [0.25, 0.3) is 0 Å². The topological polar surface area (TPSA) is 43.4 Å². The minimum Gasteiger partial charge on any atom is -0.377 e. The SMILES string of the molecule is COC(C)C1=CC(=O)C=CC1=O. The maximum absolute atomic E-state index is 11.2. The minimum absolute atomic E-state index is 0.149. The van der Waals surface area contributed by atoms with Gasteiger partial charge in [0.2, 0.25) is 0 Å². The van der Waals surface area contributed by atoms with E-state index in [0.717, 1.165) is 0 Å². The molecule has 1 atom stereocenters. The third-order valence-corrected chi connectivity index (χ3v) is 1.77. The summed E-state index contributed by atoms with van der Waals surface area (Å²) in [5.74, 6) is -0.308. The monoisotopic (exact) mass is 166 g/mol. The number of ether oxygens (including phenoxy) is 1. The van der Waals surface area contributed by atoms with Crippen molar-refractivity contribution in [3.8, 4) is 0 Å². The highest BCUT2D eigenvalue weighted by molar-refractivity contribution is 6.17. The van der Waals surface area contributed by atoms with Gasteiger partial charge in [-0.1, -0.05) is 0 Å². The third-order valence-electron chi connectivity index (χ3n) is 1.77. The summed E-state index contributed by atoms with van der Waals surface area (Å²) in [5.41, 5.74) is 0.421. The molecule has 0 saturated carbocycles. The average Bonchev–Trinajstić information content (AvgIpc) is 2.08. The van der Waals surface area contributed by atoms with Crippen LogP contribution in [-0.2, 0) is 14.3 Å². The number of methoxy groups -OCH3 is 1. The summed E-state index contributed by atoms with van der Waals surface area (Å²) in [5, 5.41) is 0. The molecule has 0 fully saturated rings. The maximum atomic E-state index is 11.2. The Morgan fingerprint density at radius 1 is 1.33 bits per heavy atom. The Balaban J connectivity index is 2.88. The molecule has 1 rings (SSSR count). The third kappa shape index (κ3) is 1.68. The van der Waals surface area contributed by atoms with Gasteiger partial charge in [-0.25, -0.2) is 0 Å². The molecule has 0 aromatic rings. The first-order chi connectivity index (χ1) is 5.65. The van der Waals surface area contributed by atoms with E-state index in [2.05, 4.69) is 0 Å². The smallest absolute Gasteiger partial charge is 0.184 e. The Morgan fingerprint density at radius 2 is 2.00 bits per heavy atom. The van der Waals surface area contributed by atoms with Crippen molar-refractivity contribution in [2.75, 3.05) is 7.11 Å². The van der Waals surface area contributed by atoms with E-state index in [4.69, 9.17) is 4.74 Å². The van der Waals surface area contributed by atoms with Crippen LogP contribution >= 0.6 is 0 Å². The molecule has 0 N–H and O–H groups in total. The van der Waals surface area contributed by atoms with Crippen LogP contribution in [-0.4, -0.2) is 24.8 Å². The number of rotatable bonds is 2. The standard InChI is InChI=1S/C9H10O3/c1-6(12-2)8-5-7(10)3-4-9(8)11/h3-6H,1-2H3. The van der Waals surface area contributed by atoms with E-state index in [-0.39, 0.29) is 17.7 Å². The van der Waals surface area contributed by atoms with Crippen molar-refractivity contribution in [2.45, 2.75) is 13.0 Å². The minimum atomic E-state index is -0.314. The van der Waals surface area contributed by atoms with Crippen LogP contribution in [0.1, 0.15) is 6.92 Å². The van der Waals surface area contributed by atoms with Gasteiger partial charge in [0.15, 0.2) is 11.6 Å². The van der Waals surface area contributed by atoms with E-state index < -0.39 is 0 Å². The zero-order chi connectivity index (χ0) is 9.14. The predicted octanol–water partition coefficient (Wildman–Crippen LogP) is 0.656. The van der Waals surface area contributed by atoms with Gasteiger partial charge in [-0.2, -0.15) is 0 Å². The van der Waals surface area contributed by atoms with Crippen molar-refractivity contribution < 1.29 is 14.3 Å². The molecule has 1 aliphatic rings. The van der Waals surface area contributed by atoms with Crippen LogP contribution in [0.4, 0.5) is 0 Å². The molecule has 3 heteroatoms. The molecule has 1 unspecified atom stereocenters. The number of hydrogen-bond acceptors (Lipinski definition) is 3. The van der Waals surface area contributed by atoms with Crippen LogP contribution in [0.15, 0.2) is 23.8 Å². The van der Waals surface area contributed by atoms with E-state index in [1.807, 2.05) is 0 Å². The maximum Gasteiger partial charge on any atom is 0.184 e. The number of ketones is 2. The van der Waals surface area contributed by atoms with Crippen molar-refractivity contribution in [1.29, 1.82) is 0 Å². The molecule has 12 heavy (non-hydrogen) atoms. The van der Waals surface area contributed by atoms with Gasteiger partial charge in [0.05, 0.1) is 6.10 Å². The largest absolute Gasteiger partial charge is 0.377 e. The molecule has 1 aliphatic carbocycles. The van der Waals surface area contributed by atoms with E-state index in [9.17, 15) is 9.59 Å². The second-order valence-electron chi connectivity index (χ2n) is 2.58. The van der Waals surface area contributed by atoms with Crippen molar-refractivity contribution >= 4 is 11.6 Å². The molecule has 0 aromatic heterocycles. The summed E-state index contributed by atoms with van der Waals surface area (Å²) < 4.78 is 4.93. The second kappa shape index (κ2) is 3.45. The van der Waals surface area contributed by atoms with Crippen LogP contribution in [0.5, 0.6) is 0 Å². The van der Waals surface area contributed by atoms with Gasteiger partial charge in [-0.3, -0.25) is 9.59 Å². The molecular weight excluding hydrogens is 156 g/mol. The van der Waals surface area contributed by atoms with Gasteiger partial charge in [-0.15, -0.1) is 0 Å². The highest BCUT2D eigenvalue weighted by atomic mass is 16.5. The summed E-state index contributed by atoms with van der Waals surface area (Å²) in [6.45, 7) is 1.73. The van der Waals surface area contributed by atoms with E-state index >= 15 is 0 Å². The Kier molecular flexibility index (Phi) is 2.55. The quantitative estimate of drug-likeness (QED) is 0.566. The number of allylic oxidation sites excluding steroid dienone is 3.